The molecule has 0 spiro atoms. The molecule has 1 unspecified atom stereocenters. The lowest BCUT2D eigenvalue weighted by atomic mass is 9.68. The van der Waals surface area contributed by atoms with E-state index in [-0.39, 0.29) is 23.2 Å². The van der Waals surface area contributed by atoms with Crippen LogP contribution in [0.5, 0.6) is 11.5 Å². The number of nitrogens with zero attached hydrogens (tertiary/aromatic N) is 1. The lowest BCUT2D eigenvalue weighted by Crippen LogP contribution is -2.40. The highest BCUT2D eigenvalue weighted by Crippen LogP contribution is 2.42. The molecule has 5 rings (SSSR count). The summed E-state index contributed by atoms with van der Waals surface area (Å²) in [5.41, 5.74) is 12.3. The van der Waals surface area contributed by atoms with E-state index in [1.54, 1.807) is 26.4 Å². The normalized spacial score (nSPS) is 14.8. The SMILES string of the molecule is COc1cc2c(cc1OC)C(CN)N(CCCC(CCCNC(=O)CCc1ccc(F)cc1)(c1ccccc1)c1ccccc1)CC2. The van der Waals surface area contributed by atoms with Crippen molar-refractivity contribution >= 4 is 5.91 Å². The van der Waals surface area contributed by atoms with Crippen molar-refractivity contribution in [1.82, 2.24) is 10.2 Å². The van der Waals surface area contributed by atoms with Crippen LogP contribution in [0.2, 0.25) is 0 Å². The Morgan fingerprint density at radius 2 is 1.51 bits per heavy atom. The Hall–Kier alpha value is -4.20. The van der Waals surface area contributed by atoms with E-state index < -0.39 is 0 Å². The lowest BCUT2D eigenvalue weighted by Gasteiger charge is -2.39. The van der Waals surface area contributed by atoms with Gasteiger partial charge in [-0.3, -0.25) is 9.69 Å². The number of amides is 1. The Bertz CT molecular complexity index is 1520. The molecule has 248 valence electrons. The van der Waals surface area contributed by atoms with E-state index in [9.17, 15) is 9.18 Å². The van der Waals surface area contributed by atoms with Gasteiger partial charge in [-0.15, -0.1) is 0 Å². The molecule has 4 aromatic rings. The maximum Gasteiger partial charge on any atom is 0.220 e. The van der Waals surface area contributed by atoms with Gasteiger partial charge in [0.05, 0.1) is 14.2 Å². The molecule has 1 heterocycles. The van der Waals surface area contributed by atoms with Gasteiger partial charge in [0, 0.05) is 37.5 Å². The molecule has 3 N–H and O–H groups in total. The zero-order chi connectivity index (χ0) is 33.1. The number of benzene rings is 4. The molecular weight excluding hydrogens is 589 g/mol. The largest absolute Gasteiger partial charge is 0.493 e. The summed E-state index contributed by atoms with van der Waals surface area (Å²) in [5, 5.41) is 3.13. The molecule has 1 amide bonds. The third-order valence-electron chi connectivity index (χ3n) is 9.69. The summed E-state index contributed by atoms with van der Waals surface area (Å²) in [4.78, 5) is 15.2. The monoisotopic (exact) mass is 637 g/mol. The molecule has 4 aromatic carbocycles. The fourth-order valence-corrected chi connectivity index (χ4v) is 7.21. The highest BCUT2D eigenvalue weighted by atomic mass is 19.1. The smallest absolute Gasteiger partial charge is 0.220 e. The van der Waals surface area contributed by atoms with Gasteiger partial charge in [0.1, 0.15) is 5.82 Å². The highest BCUT2D eigenvalue weighted by Gasteiger charge is 2.34. The molecule has 0 fully saturated rings. The minimum absolute atomic E-state index is 0.0202. The quantitative estimate of drug-likeness (QED) is 0.130. The van der Waals surface area contributed by atoms with E-state index in [4.69, 9.17) is 15.2 Å². The van der Waals surface area contributed by atoms with E-state index in [2.05, 4.69) is 83.0 Å². The molecule has 1 atom stereocenters. The van der Waals surface area contributed by atoms with Crippen LogP contribution in [0.1, 0.15) is 66.0 Å². The van der Waals surface area contributed by atoms with Crippen LogP contribution in [0, 0.1) is 5.82 Å². The molecular formula is C40H48FN3O3. The number of fused-ring (bicyclic) bond motifs is 1. The van der Waals surface area contributed by atoms with Gasteiger partial charge >= 0.3 is 0 Å². The van der Waals surface area contributed by atoms with Crippen molar-refractivity contribution < 1.29 is 18.7 Å². The van der Waals surface area contributed by atoms with Crippen LogP contribution in [0.3, 0.4) is 0 Å². The number of halogens is 1. The van der Waals surface area contributed by atoms with Gasteiger partial charge in [0.2, 0.25) is 5.91 Å². The van der Waals surface area contributed by atoms with Crippen molar-refractivity contribution in [3.8, 4) is 11.5 Å². The third kappa shape index (κ3) is 8.40. The number of nitrogens with one attached hydrogen (secondary N) is 1. The van der Waals surface area contributed by atoms with Crippen LogP contribution < -0.4 is 20.5 Å². The Balaban J connectivity index is 1.28. The van der Waals surface area contributed by atoms with Crippen molar-refractivity contribution in [2.75, 3.05) is 40.4 Å². The zero-order valence-corrected chi connectivity index (χ0v) is 27.7. The summed E-state index contributed by atoms with van der Waals surface area (Å²) < 4.78 is 24.4. The molecule has 0 saturated heterocycles. The third-order valence-corrected chi connectivity index (χ3v) is 9.69. The van der Waals surface area contributed by atoms with Crippen LogP contribution in [-0.2, 0) is 23.1 Å². The minimum atomic E-state index is -0.263. The van der Waals surface area contributed by atoms with E-state index in [0.717, 1.165) is 62.3 Å². The Labute approximate surface area is 279 Å². The topological polar surface area (TPSA) is 76.8 Å². The van der Waals surface area contributed by atoms with Gasteiger partial charge in [-0.2, -0.15) is 0 Å². The summed E-state index contributed by atoms with van der Waals surface area (Å²) in [5.74, 6) is 1.25. The molecule has 0 aliphatic carbocycles. The van der Waals surface area contributed by atoms with E-state index in [1.807, 2.05) is 0 Å². The summed E-state index contributed by atoms with van der Waals surface area (Å²) >= 11 is 0. The summed E-state index contributed by atoms with van der Waals surface area (Å²) in [6, 6.07) is 32.3. The predicted octanol–water partition coefficient (Wildman–Crippen LogP) is 7.00. The van der Waals surface area contributed by atoms with Gasteiger partial charge in [-0.1, -0.05) is 72.8 Å². The summed E-state index contributed by atoms with van der Waals surface area (Å²) in [6.07, 6.45) is 5.62. The maximum atomic E-state index is 13.2. The average molecular weight is 638 g/mol. The number of hydrogen-bond donors (Lipinski definition) is 2. The van der Waals surface area contributed by atoms with Crippen LogP contribution in [0.15, 0.2) is 97.1 Å². The minimum Gasteiger partial charge on any atom is -0.493 e. The lowest BCUT2D eigenvalue weighted by molar-refractivity contribution is -0.121. The van der Waals surface area contributed by atoms with Crippen LogP contribution in [0.4, 0.5) is 4.39 Å². The van der Waals surface area contributed by atoms with Gasteiger partial charge < -0.3 is 20.5 Å². The Morgan fingerprint density at radius 3 is 2.13 bits per heavy atom. The predicted molar refractivity (Wildman–Crippen MR) is 186 cm³/mol. The highest BCUT2D eigenvalue weighted by molar-refractivity contribution is 5.76. The molecule has 7 heteroatoms. The first-order chi connectivity index (χ1) is 23.0. The van der Waals surface area contributed by atoms with Crippen molar-refractivity contribution in [3.63, 3.8) is 0 Å². The number of carbonyl (C=O) groups excluding carboxylic acids is 1. The zero-order valence-electron chi connectivity index (χ0n) is 27.7. The first-order valence-electron chi connectivity index (χ1n) is 16.8. The number of aryl methyl sites for hydroxylation is 1. The summed E-state index contributed by atoms with van der Waals surface area (Å²) in [6.45, 7) is 3.01. The van der Waals surface area contributed by atoms with Gasteiger partial charge in [-0.25, -0.2) is 4.39 Å². The number of rotatable bonds is 16. The van der Waals surface area contributed by atoms with Crippen molar-refractivity contribution in [2.24, 2.45) is 5.73 Å². The second-order valence-corrected chi connectivity index (χ2v) is 12.4. The molecule has 6 nitrogen and oxygen atoms in total. The molecule has 1 aliphatic rings. The molecule has 0 aromatic heterocycles. The standard InChI is InChI=1S/C40H48FN3O3/c1-46-37-27-31-21-26-44(36(29-42)35(31)28-38(37)47-2)25-10-23-40(32-11-5-3-6-12-32,33-13-7-4-8-14-33)22-9-24-43-39(45)20-17-30-15-18-34(41)19-16-30/h3-8,11-16,18-19,27-28,36H,9-10,17,20-26,29,42H2,1-2H3,(H,43,45). The Kier molecular flexibility index (Phi) is 12.0. The van der Waals surface area contributed by atoms with Gasteiger partial charge in [0.15, 0.2) is 11.5 Å². The van der Waals surface area contributed by atoms with Crippen molar-refractivity contribution in [2.45, 2.75) is 56.4 Å². The molecule has 0 bridgehead atoms. The van der Waals surface area contributed by atoms with Crippen LogP contribution >= 0.6 is 0 Å². The molecule has 1 aliphatic heterocycles. The van der Waals surface area contributed by atoms with E-state index >= 15 is 0 Å². The molecule has 0 saturated carbocycles. The number of nitrogens with two attached hydrogens (primary N) is 1. The first kappa shape index (κ1) is 34.1. The number of hydrogen-bond acceptors (Lipinski definition) is 5. The maximum absolute atomic E-state index is 13.2. The second kappa shape index (κ2) is 16.6. The summed E-state index contributed by atoms with van der Waals surface area (Å²) in [7, 11) is 3.35. The number of methoxy groups -OCH3 is 2. The second-order valence-electron chi connectivity index (χ2n) is 12.4. The molecule has 47 heavy (non-hydrogen) atoms. The van der Waals surface area contributed by atoms with Gasteiger partial charge in [-0.05, 0) is 97.2 Å². The fourth-order valence-electron chi connectivity index (χ4n) is 7.21. The fraction of sp³-hybridized carbons (Fsp3) is 0.375. The van der Waals surface area contributed by atoms with Crippen molar-refractivity contribution in [1.29, 1.82) is 0 Å². The number of carbonyl (C=O) groups is 1. The number of ether oxygens (including phenoxy) is 2. The average Bonchev–Trinajstić information content (AvgIpc) is 3.12. The van der Waals surface area contributed by atoms with Crippen LogP contribution in [0.25, 0.3) is 0 Å². The van der Waals surface area contributed by atoms with E-state index in [1.165, 1.54) is 34.4 Å². The first-order valence-corrected chi connectivity index (χ1v) is 16.8. The van der Waals surface area contributed by atoms with E-state index in [0.29, 0.717) is 25.9 Å². The Morgan fingerprint density at radius 1 is 0.894 bits per heavy atom. The van der Waals surface area contributed by atoms with Gasteiger partial charge in [0.25, 0.3) is 0 Å². The van der Waals surface area contributed by atoms with Crippen molar-refractivity contribution in [3.05, 3.63) is 131 Å². The van der Waals surface area contributed by atoms with Crippen LogP contribution in [-0.4, -0.2) is 51.2 Å². The molecule has 0 radical (unpaired) electrons.